The Hall–Kier alpha value is -2.93. The van der Waals surface area contributed by atoms with Crippen molar-refractivity contribution in [1.82, 2.24) is 14.5 Å². The van der Waals surface area contributed by atoms with Crippen LogP contribution in [0.4, 0.5) is 0 Å². The zero-order chi connectivity index (χ0) is 18.5. The second-order valence-corrected chi connectivity index (χ2v) is 5.88. The van der Waals surface area contributed by atoms with E-state index in [1.54, 1.807) is 12.1 Å². The molecule has 0 fully saturated rings. The minimum absolute atomic E-state index is 0.102. The minimum Gasteiger partial charge on any atom is -0.491 e. The number of fused-ring (bicyclic) bond motifs is 1. The van der Waals surface area contributed by atoms with Crippen LogP contribution in [0.1, 0.15) is 18.1 Å². The molecule has 0 aliphatic heterocycles. The number of aryl methyl sites for hydroxylation is 1. The quantitative estimate of drug-likeness (QED) is 0.654. The molecule has 0 saturated heterocycles. The minimum atomic E-state index is -0.476. The van der Waals surface area contributed by atoms with Crippen LogP contribution >= 0.6 is 0 Å². The first-order chi connectivity index (χ1) is 12.6. The van der Waals surface area contributed by atoms with E-state index >= 15 is 0 Å². The van der Waals surface area contributed by atoms with Gasteiger partial charge in [0.25, 0.3) is 5.56 Å². The number of aromatic nitrogens is 3. The van der Waals surface area contributed by atoms with Crippen molar-refractivity contribution in [3.8, 4) is 5.75 Å². The summed E-state index contributed by atoms with van der Waals surface area (Å²) in [6.45, 7) is 5.48. The summed E-state index contributed by atoms with van der Waals surface area (Å²) >= 11 is 0. The van der Waals surface area contributed by atoms with Gasteiger partial charge in [0.15, 0.2) is 5.52 Å². The van der Waals surface area contributed by atoms with Crippen molar-refractivity contribution in [2.24, 2.45) is 0 Å². The first-order valence-electron chi connectivity index (χ1n) is 8.48. The Morgan fingerprint density at radius 3 is 2.85 bits per heavy atom. The highest BCUT2D eigenvalue weighted by molar-refractivity contribution is 5.71. The molecule has 0 unspecified atom stereocenters. The molecule has 0 aliphatic rings. The Morgan fingerprint density at radius 1 is 1.19 bits per heavy atom. The second-order valence-electron chi connectivity index (χ2n) is 5.88. The van der Waals surface area contributed by atoms with E-state index in [9.17, 15) is 9.59 Å². The van der Waals surface area contributed by atoms with E-state index in [0.29, 0.717) is 31.1 Å². The summed E-state index contributed by atoms with van der Waals surface area (Å²) in [5.74, 6) is 0.636. The monoisotopic (exact) mass is 355 g/mol. The van der Waals surface area contributed by atoms with Crippen LogP contribution in [0.5, 0.6) is 5.75 Å². The molecule has 7 nitrogen and oxygen atoms in total. The fourth-order valence-corrected chi connectivity index (χ4v) is 2.67. The molecule has 1 N–H and O–H groups in total. The maximum atomic E-state index is 12.7. The lowest BCUT2D eigenvalue weighted by molar-refractivity contribution is 0.110. The van der Waals surface area contributed by atoms with Gasteiger partial charge in [0.05, 0.1) is 18.7 Å². The van der Waals surface area contributed by atoms with E-state index in [0.717, 1.165) is 15.7 Å². The van der Waals surface area contributed by atoms with E-state index in [1.165, 1.54) is 6.20 Å². The molecule has 2 aromatic heterocycles. The molecule has 0 saturated carbocycles. The summed E-state index contributed by atoms with van der Waals surface area (Å²) in [7, 11) is 0. The van der Waals surface area contributed by atoms with Crippen LogP contribution in [-0.2, 0) is 11.3 Å². The number of H-pyrrole nitrogens is 1. The molecular weight excluding hydrogens is 334 g/mol. The van der Waals surface area contributed by atoms with Gasteiger partial charge < -0.3 is 14.5 Å². The normalized spacial score (nSPS) is 11.0. The van der Waals surface area contributed by atoms with Gasteiger partial charge in [0.1, 0.15) is 12.4 Å². The van der Waals surface area contributed by atoms with Gasteiger partial charge in [-0.2, -0.15) is 0 Å². The Labute approximate surface area is 150 Å². The highest BCUT2D eigenvalue weighted by Crippen LogP contribution is 2.21. The summed E-state index contributed by atoms with van der Waals surface area (Å²) < 4.78 is 12.2. The Kier molecular flexibility index (Phi) is 5.48. The number of nitrogens with one attached hydrogen (secondary N) is 1. The molecule has 0 aliphatic carbocycles. The van der Waals surface area contributed by atoms with E-state index in [4.69, 9.17) is 9.47 Å². The van der Waals surface area contributed by atoms with Crippen LogP contribution in [-0.4, -0.2) is 34.4 Å². The molecule has 0 atom stereocenters. The van der Waals surface area contributed by atoms with Crippen LogP contribution in [0.15, 0.2) is 46.1 Å². The third-order valence-corrected chi connectivity index (χ3v) is 3.98. The van der Waals surface area contributed by atoms with Gasteiger partial charge in [-0.1, -0.05) is 12.1 Å². The predicted octanol–water partition coefficient (Wildman–Crippen LogP) is 1.86. The lowest BCUT2D eigenvalue weighted by atomic mass is 10.1. The largest absolute Gasteiger partial charge is 0.491 e. The van der Waals surface area contributed by atoms with Gasteiger partial charge in [-0.3, -0.25) is 9.36 Å². The van der Waals surface area contributed by atoms with Crippen molar-refractivity contribution in [1.29, 1.82) is 0 Å². The predicted molar refractivity (Wildman–Crippen MR) is 98.9 cm³/mol. The van der Waals surface area contributed by atoms with Gasteiger partial charge in [-0.25, -0.2) is 9.78 Å². The smallest absolute Gasteiger partial charge is 0.329 e. The summed E-state index contributed by atoms with van der Waals surface area (Å²) in [6, 6.07) is 9.00. The zero-order valence-corrected chi connectivity index (χ0v) is 14.8. The molecule has 7 heteroatoms. The second kappa shape index (κ2) is 7.97. The van der Waals surface area contributed by atoms with Crippen molar-refractivity contribution in [2.45, 2.75) is 20.4 Å². The van der Waals surface area contributed by atoms with Crippen LogP contribution in [0.2, 0.25) is 0 Å². The van der Waals surface area contributed by atoms with E-state index in [2.05, 4.69) is 9.97 Å². The van der Waals surface area contributed by atoms with Crippen molar-refractivity contribution in [2.75, 3.05) is 19.8 Å². The number of ether oxygens (including phenoxy) is 2. The number of hydrogen-bond acceptors (Lipinski definition) is 5. The maximum Gasteiger partial charge on any atom is 0.329 e. The van der Waals surface area contributed by atoms with Gasteiger partial charge in [0.2, 0.25) is 0 Å². The zero-order valence-electron chi connectivity index (χ0n) is 14.8. The fourth-order valence-electron chi connectivity index (χ4n) is 2.67. The summed E-state index contributed by atoms with van der Waals surface area (Å²) in [5, 5.41) is 0. The first-order valence-corrected chi connectivity index (χ1v) is 8.48. The van der Waals surface area contributed by atoms with Crippen LogP contribution in [0.25, 0.3) is 11.0 Å². The standard InChI is InChI=1S/C19H21N3O4/c1-3-25-9-10-26-16-11-13(2)6-7-14(16)12-22-18(23)17-15(21-19(22)24)5-4-8-20-17/h4-8,11H,3,9-10,12H2,1-2H3,(H,21,24). The molecule has 0 radical (unpaired) electrons. The SMILES string of the molecule is CCOCCOc1cc(C)ccc1Cn1c(=O)[nH]c2cccnc2c1=O. The molecule has 0 spiro atoms. The van der Waals surface area contributed by atoms with Gasteiger partial charge in [-0.15, -0.1) is 0 Å². The fraction of sp³-hybridized carbons (Fsp3) is 0.316. The Morgan fingerprint density at radius 2 is 2.04 bits per heavy atom. The lowest BCUT2D eigenvalue weighted by Gasteiger charge is -2.13. The number of nitrogens with zero attached hydrogens (tertiary/aromatic N) is 2. The molecule has 136 valence electrons. The highest BCUT2D eigenvalue weighted by atomic mass is 16.5. The van der Waals surface area contributed by atoms with Gasteiger partial charge in [0, 0.05) is 18.4 Å². The molecule has 2 heterocycles. The molecule has 0 bridgehead atoms. The topological polar surface area (TPSA) is 86.2 Å². The number of pyridine rings is 1. The molecule has 3 aromatic rings. The molecule has 3 rings (SSSR count). The number of aromatic amines is 1. The third-order valence-electron chi connectivity index (χ3n) is 3.98. The van der Waals surface area contributed by atoms with Crippen molar-refractivity contribution in [3.63, 3.8) is 0 Å². The van der Waals surface area contributed by atoms with Gasteiger partial charge >= 0.3 is 5.69 Å². The Balaban J connectivity index is 1.95. The van der Waals surface area contributed by atoms with Crippen molar-refractivity contribution in [3.05, 3.63) is 68.5 Å². The molecule has 26 heavy (non-hydrogen) atoms. The number of rotatable bonds is 7. The van der Waals surface area contributed by atoms with Crippen LogP contribution < -0.4 is 16.0 Å². The highest BCUT2D eigenvalue weighted by Gasteiger charge is 2.12. The van der Waals surface area contributed by atoms with Crippen molar-refractivity contribution >= 4 is 11.0 Å². The summed E-state index contributed by atoms with van der Waals surface area (Å²) in [4.78, 5) is 31.8. The third kappa shape index (κ3) is 3.83. The number of hydrogen-bond donors (Lipinski definition) is 1. The van der Waals surface area contributed by atoms with Crippen LogP contribution in [0.3, 0.4) is 0 Å². The van der Waals surface area contributed by atoms with Gasteiger partial charge in [-0.05, 0) is 37.6 Å². The van der Waals surface area contributed by atoms with E-state index < -0.39 is 11.2 Å². The lowest BCUT2D eigenvalue weighted by Crippen LogP contribution is -2.35. The molecule has 1 aromatic carbocycles. The molecular formula is C19H21N3O4. The maximum absolute atomic E-state index is 12.7. The van der Waals surface area contributed by atoms with Crippen LogP contribution in [0, 0.1) is 6.92 Å². The first kappa shape index (κ1) is 17.9. The van der Waals surface area contributed by atoms with Crippen molar-refractivity contribution < 1.29 is 9.47 Å². The summed E-state index contributed by atoms with van der Waals surface area (Å²) in [6.07, 6.45) is 1.53. The average molecular weight is 355 g/mol. The Bertz CT molecular complexity index is 1020. The summed E-state index contributed by atoms with van der Waals surface area (Å²) in [5.41, 5.74) is 1.53. The van der Waals surface area contributed by atoms with E-state index in [-0.39, 0.29) is 12.1 Å². The van der Waals surface area contributed by atoms with E-state index in [1.807, 2.05) is 32.0 Å². The number of benzene rings is 1. The molecule has 0 amide bonds. The average Bonchev–Trinajstić information content (AvgIpc) is 2.63.